The third kappa shape index (κ3) is 3.29. The first-order valence-electron chi connectivity index (χ1n) is 6.60. The van der Waals surface area contributed by atoms with Crippen molar-refractivity contribution in [2.75, 3.05) is 20.2 Å². The Labute approximate surface area is 114 Å². The molecule has 19 heavy (non-hydrogen) atoms. The van der Waals surface area contributed by atoms with Crippen LogP contribution in [0.15, 0.2) is 24.3 Å². The third-order valence-corrected chi connectivity index (χ3v) is 3.51. The van der Waals surface area contributed by atoms with Gasteiger partial charge in [0.15, 0.2) is 0 Å². The average molecular weight is 257 g/mol. The lowest BCUT2D eigenvalue weighted by atomic mass is 9.90. The minimum Gasteiger partial charge on any atom is -0.497 e. The van der Waals surface area contributed by atoms with Gasteiger partial charge in [0.1, 0.15) is 5.75 Å². The van der Waals surface area contributed by atoms with Crippen LogP contribution in [0.1, 0.15) is 31.2 Å². The zero-order chi connectivity index (χ0) is 13.7. The maximum absolute atomic E-state index is 11.8. The van der Waals surface area contributed by atoms with Crippen molar-refractivity contribution in [1.29, 1.82) is 0 Å². The summed E-state index contributed by atoms with van der Waals surface area (Å²) in [7, 11) is 1.67. The fraction of sp³-hybridized carbons (Fsp3) is 0.438. The van der Waals surface area contributed by atoms with Crippen molar-refractivity contribution in [3.8, 4) is 17.6 Å². The smallest absolute Gasteiger partial charge is 0.298 e. The summed E-state index contributed by atoms with van der Waals surface area (Å²) in [5.41, 5.74) is 1.24. The Morgan fingerprint density at radius 3 is 3.05 bits per heavy atom. The molecule has 1 fully saturated rings. The number of hydrogen-bond donors (Lipinski definition) is 0. The van der Waals surface area contributed by atoms with Gasteiger partial charge in [-0.1, -0.05) is 18.1 Å². The molecule has 1 aliphatic rings. The first-order valence-corrected chi connectivity index (χ1v) is 6.60. The third-order valence-electron chi connectivity index (χ3n) is 3.51. The standard InChI is InChI=1S/C16H19NO2/c1-3-6-16(18)17-10-5-8-14(12-17)13-7-4-9-15(11-13)19-2/h4,7,9,11,14H,5,8,10,12H2,1-2H3. The summed E-state index contributed by atoms with van der Waals surface area (Å²) in [5.74, 6) is 6.49. The Kier molecular flexibility index (Phi) is 4.46. The summed E-state index contributed by atoms with van der Waals surface area (Å²) in [5, 5.41) is 0. The van der Waals surface area contributed by atoms with E-state index in [4.69, 9.17) is 4.74 Å². The van der Waals surface area contributed by atoms with E-state index in [0.29, 0.717) is 5.92 Å². The summed E-state index contributed by atoms with van der Waals surface area (Å²) in [6, 6.07) is 8.11. The molecule has 1 aromatic rings. The highest BCUT2D eigenvalue weighted by Crippen LogP contribution is 2.28. The van der Waals surface area contributed by atoms with Gasteiger partial charge in [0.2, 0.25) is 0 Å². The van der Waals surface area contributed by atoms with Crippen LogP contribution in [-0.4, -0.2) is 31.0 Å². The van der Waals surface area contributed by atoms with Crippen molar-refractivity contribution in [2.24, 2.45) is 0 Å². The van der Waals surface area contributed by atoms with Gasteiger partial charge in [-0.25, -0.2) is 0 Å². The van der Waals surface area contributed by atoms with Crippen LogP contribution in [0, 0.1) is 11.8 Å². The van der Waals surface area contributed by atoms with E-state index >= 15 is 0 Å². The molecule has 0 saturated carbocycles. The molecular formula is C16H19NO2. The first kappa shape index (κ1) is 13.5. The van der Waals surface area contributed by atoms with E-state index in [1.165, 1.54) is 5.56 Å². The van der Waals surface area contributed by atoms with Crippen molar-refractivity contribution >= 4 is 5.91 Å². The second-order valence-electron chi connectivity index (χ2n) is 4.74. The topological polar surface area (TPSA) is 29.5 Å². The molecule has 0 N–H and O–H groups in total. The number of carbonyl (C=O) groups is 1. The van der Waals surface area contributed by atoms with Crippen LogP contribution in [0.3, 0.4) is 0 Å². The van der Waals surface area contributed by atoms with Gasteiger partial charge in [-0.05, 0) is 43.4 Å². The van der Waals surface area contributed by atoms with Gasteiger partial charge in [-0.15, -0.1) is 0 Å². The number of ether oxygens (including phenoxy) is 1. The number of benzene rings is 1. The van der Waals surface area contributed by atoms with E-state index in [2.05, 4.69) is 24.0 Å². The molecule has 1 heterocycles. The molecule has 0 bridgehead atoms. The Bertz CT molecular complexity index is 513. The summed E-state index contributed by atoms with van der Waals surface area (Å²) in [4.78, 5) is 13.7. The number of rotatable bonds is 2. The number of carbonyl (C=O) groups excluding carboxylic acids is 1. The zero-order valence-electron chi connectivity index (χ0n) is 11.5. The number of methoxy groups -OCH3 is 1. The van der Waals surface area contributed by atoms with E-state index in [1.807, 2.05) is 17.0 Å². The lowest BCUT2D eigenvalue weighted by Crippen LogP contribution is -2.38. The fourth-order valence-electron chi connectivity index (χ4n) is 2.52. The van der Waals surface area contributed by atoms with Gasteiger partial charge in [0, 0.05) is 19.0 Å². The quantitative estimate of drug-likeness (QED) is 0.762. The molecule has 1 aromatic carbocycles. The molecule has 3 nitrogen and oxygen atoms in total. The predicted molar refractivity (Wildman–Crippen MR) is 75.0 cm³/mol. The van der Waals surface area contributed by atoms with Gasteiger partial charge in [-0.3, -0.25) is 4.79 Å². The van der Waals surface area contributed by atoms with Crippen LogP contribution in [-0.2, 0) is 4.79 Å². The summed E-state index contributed by atoms with van der Waals surface area (Å²) < 4.78 is 5.26. The van der Waals surface area contributed by atoms with Crippen LogP contribution in [0.4, 0.5) is 0 Å². The van der Waals surface area contributed by atoms with E-state index < -0.39 is 0 Å². The molecular weight excluding hydrogens is 238 g/mol. The fourth-order valence-corrected chi connectivity index (χ4v) is 2.52. The molecule has 0 aromatic heterocycles. The van der Waals surface area contributed by atoms with Crippen molar-refractivity contribution in [3.63, 3.8) is 0 Å². The molecule has 0 aliphatic carbocycles. The van der Waals surface area contributed by atoms with Crippen LogP contribution in [0.2, 0.25) is 0 Å². The molecule has 1 atom stereocenters. The molecule has 2 rings (SSSR count). The van der Waals surface area contributed by atoms with Gasteiger partial charge in [0.25, 0.3) is 5.91 Å². The lowest BCUT2D eigenvalue weighted by molar-refractivity contribution is -0.126. The number of likely N-dealkylation sites (tertiary alicyclic amines) is 1. The second-order valence-corrected chi connectivity index (χ2v) is 4.74. The molecule has 3 heteroatoms. The predicted octanol–water partition coefficient (Wildman–Crippen LogP) is 2.42. The van der Waals surface area contributed by atoms with Crippen LogP contribution in [0.5, 0.6) is 5.75 Å². The lowest BCUT2D eigenvalue weighted by Gasteiger charge is -2.31. The molecule has 1 aliphatic heterocycles. The number of nitrogens with zero attached hydrogens (tertiary/aromatic N) is 1. The van der Waals surface area contributed by atoms with E-state index in [0.717, 1.165) is 31.7 Å². The zero-order valence-corrected chi connectivity index (χ0v) is 11.5. The molecule has 0 spiro atoms. The van der Waals surface area contributed by atoms with Gasteiger partial charge >= 0.3 is 0 Å². The van der Waals surface area contributed by atoms with Gasteiger partial charge in [0.05, 0.1) is 7.11 Å². The SMILES string of the molecule is CC#CC(=O)N1CCCC(c2cccc(OC)c2)C1. The van der Waals surface area contributed by atoms with Crippen molar-refractivity contribution < 1.29 is 9.53 Å². The maximum Gasteiger partial charge on any atom is 0.298 e. The van der Waals surface area contributed by atoms with Crippen molar-refractivity contribution in [1.82, 2.24) is 4.90 Å². The summed E-state index contributed by atoms with van der Waals surface area (Å²) in [6.45, 7) is 3.26. The minimum absolute atomic E-state index is 0.0601. The van der Waals surface area contributed by atoms with E-state index in [9.17, 15) is 4.79 Å². The minimum atomic E-state index is -0.0601. The summed E-state index contributed by atoms with van der Waals surface area (Å²) >= 11 is 0. The molecule has 100 valence electrons. The Hall–Kier alpha value is -1.95. The van der Waals surface area contributed by atoms with Crippen LogP contribution in [0.25, 0.3) is 0 Å². The van der Waals surface area contributed by atoms with Gasteiger partial charge < -0.3 is 9.64 Å². The molecule has 1 unspecified atom stereocenters. The number of hydrogen-bond acceptors (Lipinski definition) is 2. The average Bonchev–Trinajstić information content (AvgIpc) is 2.48. The number of amides is 1. The highest BCUT2D eigenvalue weighted by molar-refractivity contribution is 5.93. The van der Waals surface area contributed by atoms with E-state index in [1.54, 1.807) is 14.0 Å². The molecule has 1 saturated heterocycles. The highest BCUT2D eigenvalue weighted by atomic mass is 16.5. The maximum atomic E-state index is 11.8. The largest absolute Gasteiger partial charge is 0.497 e. The van der Waals surface area contributed by atoms with Crippen molar-refractivity contribution in [3.05, 3.63) is 29.8 Å². The molecule has 1 amide bonds. The van der Waals surface area contributed by atoms with Crippen LogP contribution >= 0.6 is 0 Å². The Balaban J connectivity index is 2.11. The Morgan fingerprint density at radius 1 is 1.47 bits per heavy atom. The van der Waals surface area contributed by atoms with Crippen LogP contribution < -0.4 is 4.74 Å². The highest BCUT2D eigenvalue weighted by Gasteiger charge is 2.24. The monoisotopic (exact) mass is 257 g/mol. The van der Waals surface area contributed by atoms with Gasteiger partial charge in [-0.2, -0.15) is 0 Å². The Morgan fingerprint density at radius 2 is 2.32 bits per heavy atom. The van der Waals surface area contributed by atoms with Crippen molar-refractivity contribution in [2.45, 2.75) is 25.7 Å². The van der Waals surface area contributed by atoms with E-state index in [-0.39, 0.29) is 5.91 Å². The second kappa shape index (κ2) is 6.29. The number of piperidine rings is 1. The first-order chi connectivity index (χ1) is 9.24. The normalized spacial score (nSPS) is 18.4. The summed E-state index contributed by atoms with van der Waals surface area (Å²) in [6.07, 6.45) is 2.13. The molecule has 0 radical (unpaired) electrons.